The predicted octanol–water partition coefficient (Wildman–Crippen LogP) is 1.39. The molecule has 1 aromatic carbocycles. The van der Waals surface area contributed by atoms with Crippen LogP contribution in [-0.2, 0) is 14.3 Å². The van der Waals surface area contributed by atoms with Gasteiger partial charge in [-0.2, -0.15) is 0 Å². The van der Waals surface area contributed by atoms with Crippen LogP contribution in [0, 0.1) is 11.7 Å². The number of nitrogens with one attached hydrogen (secondary N) is 2. The maximum absolute atomic E-state index is 13.5. The minimum Gasteiger partial charge on any atom is -0.449 e. The Morgan fingerprint density at radius 1 is 1.26 bits per heavy atom. The van der Waals surface area contributed by atoms with Crippen molar-refractivity contribution in [1.29, 1.82) is 0 Å². The van der Waals surface area contributed by atoms with Crippen LogP contribution in [0.1, 0.15) is 20.3 Å². The number of alkyl carbamates (subject to hydrolysis) is 1. The molecule has 7 nitrogen and oxygen atoms in total. The molecule has 1 rings (SSSR count). The van der Waals surface area contributed by atoms with Gasteiger partial charge in [0.05, 0.1) is 18.7 Å². The number of primary amides is 1. The number of amides is 3. The van der Waals surface area contributed by atoms with Gasteiger partial charge in [-0.3, -0.25) is 9.59 Å². The molecule has 0 heterocycles. The lowest BCUT2D eigenvalue weighted by atomic mass is 10.1. The van der Waals surface area contributed by atoms with Crippen molar-refractivity contribution in [3.05, 3.63) is 30.1 Å². The van der Waals surface area contributed by atoms with Crippen LogP contribution >= 0.6 is 0 Å². The van der Waals surface area contributed by atoms with Crippen molar-refractivity contribution in [1.82, 2.24) is 5.32 Å². The first-order valence-electron chi connectivity index (χ1n) is 7.06. The van der Waals surface area contributed by atoms with E-state index in [2.05, 4.69) is 10.6 Å². The highest BCUT2D eigenvalue weighted by Gasteiger charge is 2.24. The van der Waals surface area contributed by atoms with Crippen LogP contribution in [0.15, 0.2) is 24.3 Å². The molecular weight excluding hydrogens is 305 g/mol. The van der Waals surface area contributed by atoms with Gasteiger partial charge >= 0.3 is 6.09 Å². The molecule has 4 N–H and O–H groups in total. The maximum atomic E-state index is 13.5. The van der Waals surface area contributed by atoms with Crippen LogP contribution < -0.4 is 16.4 Å². The summed E-state index contributed by atoms with van der Waals surface area (Å²) in [6.45, 7) is 3.85. The van der Waals surface area contributed by atoms with Crippen LogP contribution in [0.5, 0.6) is 0 Å². The number of rotatable bonds is 7. The summed E-state index contributed by atoms with van der Waals surface area (Å²) in [5.41, 5.74) is 5.00. The van der Waals surface area contributed by atoms with Crippen molar-refractivity contribution >= 4 is 23.6 Å². The van der Waals surface area contributed by atoms with Crippen molar-refractivity contribution in [3.8, 4) is 0 Å². The average Bonchev–Trinajstić information content (AvgIpc) is 2.46. The molecule has 0 radical (unpaired) electrons. The lowest BCUT2D eigenvalue weighted by Gasteiger charge is -2.17. The number of anilines is 1. The molecule has 0 fully saturated rings. The minimum atomic E-state index is -1.26. The molecule has 0 unspecified atom stereocenters. The smallest absolute Gasteiger partial charge is 0.407 e. The quantitative estimate of drug-likeness (QED) is 0.703. The molecule has 0 aromatic heterocycles. The zero-order valence-corrected chi connectivity index (χ0v) is 13.0. The highest BCUT2D eigenvalue weighted by molar-refractivity contribution is 5.99. The zero-order chi connectivity index (χ0) is 17.4. The molecule has 0 aliphatic heterocycles. The minimum absolute atomic E-state index is 0.0654. The molecule has 0 saturated heterocycles. The lowest BCUT2D eigenvalue weighted by molar-refractivity contribution is -0.123. The molecule has 23 heavy (non-hydrogen) atoms. The van der Waals surface area contributed by atoms with Crippen LogP contribution in [0.2, 0.25) is 0 Å². The Labute approximate surface area is 133 Å². The number of carbonyl (C=O) groups is 3. The van der Waals surface area contributed by atoms with Gasteiger partial charge in [-0.15, -0.1) is 0 Å². The molecule has 0 aliphatic rings. The Kier molecular flexibility index (Phi) is 6.98. The number of ether oxygens (including phenoxy) is 1. The fourth-order valence-electron chi connectivity index (χ4n) is 1.62. The normalized spacial score (nSPS) is 11.7. The van der Waals surface area contributed by atoms with Crippen LogP contribution in [0.3, 0.4) is 0 Å². The van der Waals surface area contributed by atoms with Crippen molar-refractivity contribution in [3.63, 3.8) is 0 Å². The highest BCUT2D eigenvalue weighted by atomic mass is 19.1. The summed E-state index contributed by atoms with van der Waals surface area (Å²) in [6, 6.07) is 4.26. The summed E-state index contributed by atoms with van der Waals surface area (Å²) in [7, 11) is 0. The fourth-order valence-corrected chi connectivity index (χ4v) is 1.62. The second-order valence-electron chi connectivity index (χ2n) is 5.33. The summed E-state index contributed by atoms with van der Waals surface area (Å²) in [6.07, 6.45) is -1.29. The van der Waals surface area contributed by atoms with Gasteiger partial charge in [0.25, 0.3) is 0 Å². The van der Waals surface area contributed by atoms with Crippen molar-refractivity contribution < 1.29 is 23.5 Å². The summed E-state index contributed by atoms with van der Waals surface area (Å²) in [5.74, 6) is -2.08. The first-order valence-corrected chi connectivity index (χ1v) is 7.06. The van der Waals surface area contributed by atoms with Crippen molar-refractivity contribution in [2.45, 2.75) is 26.3 Å². The third-order valence-corrected chi connectivity index (χ3v) is 2.69. The van der Waals surface area contributed by atoms with Gasteiger partial charge < -0.3 is 21.1 Å². The molecule has 1 atom stereocenters. The standard InChI is InChI=1S/C15H20FN3O4/c1-9(2)8-23-15(22)19-12(7-13(17)20)14(21)18-11-6-4-3-5-10(11)16/h3-6,9,12H,7-8H2,1-2H3,(H2,17,20)(H,18,21)(H,19,22)/t12-/m0/s1. The van der Waals surface area contributed by atoms with Gasteiger partial charge in [-0.05, 0) is 18.1 Å². The van der Waals surface area contributed by atoms with Gasteiger partial charge in [-0.25, -0.2) is 9.18 Å². The molecular formula is C15H20FN3O4. The molecule has 0 spiro atoms. The van der Waals surface area contributed by atoms with Gasteiger partial charge in [0.1, 0.15) is 11.9 Å². The summed E-state index contributed by atoms with van der Waals surface area (Å²) in [5, 5.41) is 4.54. The number of para-hydroxylation sites is 1. The molecule has 3 amide bonds. The monoisotopic (exact) mass is 325 g/mol. The fraction of sp³-hybridized carbons (Fsp3) is 0.400. The highest BCUT2D eigenvalue weighted by Crippen LogP contribution is 2.13. The Hall–Kier alpha value is -2.64. The molecule has 0 bridgehead atoms. The Balaban J connectivity index is 2.72. The van der Waals surface area contributed by atoms with Gasteiger partial charge in [0.2, 0.25) is 11.8 Å². The van der Waals surface area contributed by atoms with Crippen LogP contribution in [-0.4, -0.2) is 30.6 Å². The third kappa shape index (κ3) is 6.77. The number of halogens is 1. The van der Waals surface area contributed by atoms with Gasteiger partial charge in [0.15, 0.2) is 0 Å². The van der Waals surface area contributed by atoms with Gasteiger partial charge in [-0.1, -0.05) is 26.0 Å². The van der Waals surface area contributed by atoms with Crippen LogP contribution in [0.25, 0.3) is 0 Å². The SMILES string of the molecule is CC(C)COC(=O)N[C@@H](CC(N)=O)C(=O)Nc1ccccc1F. The molecule has 8 heteroatoms. The van der Waals surface area contributed by atoms with E-state index in [4.69, 9.17) is 10.5 Å². The Morgan fingerprint density at radius 3 is 2.48 bits per heavy atom. The zero-order valence-electron chi connectivity index (χ0n) is 13.0. The van der Waals surface area contributed by atoms with E-state index in [0.29, 0.717) is 0 Å². The second kappa shape index (κ2) is 8.72. The number of carbonyl (C=O) groups excluding carboxylic acids is 3. The second-order valence-corrected chi connectivity index (χ2v) is 5.33. The van der Waals surface area contributed by atoms with E-state index in [-0.39, 0.29) is 18.2 Å². The van der Waals surface area contributed by atoms with Crippen LogP contribution in [0.4, 0.5) is 14.9 Å². The number of hydrogen-bond donors (Lipinski definition) is 3. The molecule has 0 aliphatic carbocycles. The number of hydrogen-bond acceptors (Lipinski definition) is 4. The van der Waals surface area contributed by atoms with Gasteiger partial charge in [0, 0.05) is 0 Å². The van der Waals surface area contributed by atoms with E-state index in [1.807, 2.05) is 13.8 Å². The van der Waals surface area contributed by atoms with E-state index in [9.17, 15) is 18.8 Å². The number of nitrogens with two attached hydrogens (primary N) is 1. The van der Waals surface area contributed by atoms with E-state index in [0.717, 1.165) is 0 Å². The summed E-state index contributed by atoms with van der Waals surface area (Å²) < 4.78 is 18.4. The average molecular weight is 325 g/mol. The molecule has 1 aromatic rings. The van der Waals surface area contributed by atoms with E-state index < -0.39 is 36.2 Å². The van der Waals surface area contributed by atoms with Crippen molar-refractivity contribution in [2.24, 2.45) is 11.7 Å². The van der Waals surface area contributed by atoms with Crippen molar-refractivity contribution in [2.75, 3.05) is 11.9 Å². The first kappa shape index (κ1) is 18.4. The first-order chi connectivity index (χ1) is 10.8. The topological polar surface area (TPSA) is 111 Å². The third-order valence-electron chi connectivity index (χ3n) is 2.69. The largest absolute Gasteiger partial charge is 0.449 e. The predicted molar refractivity (Wildman–Crippen MR) is 82.0 cm³/mol. The summed E-state index contributed by atoms with van der Waals surface area (Å²) >= 11 is 0. The van der Waals surface area contributed by atoms with E-state index >= 15 is 0 Å². The maximum Gasteiger partial charge on any atom is 0.407 e. The van der Waals surface area contributed by atoms with E-state index in [1.54, 1.807) is 0 Å². The summed E-state index contributed by atoms with van der Waals surface area (Å²) in [4.78, 5) is 34.8. The Morgan fingerprint density at radius 2 is 1.91 bits per heavy atom. The lowest BCUT2D eigenvalue weighted by Crippen LogP contribution is -2.46. The number of benzene rings is 1. The van der Waals surface area contributed by atoms with E-state index in [1.165, 1.54) is 24.3 Å². The molecule has 126 valence electrons. The Bertz CT molecular complexity index is 578. The molecule has 0 saturated carbocycles.